The average molecular weight is 453 g/mol. The summed E-state index contributed by atoms with van der Waals surface area (Å²) in [7, 11) is -3.98. The number of hydrogen-bond donors (Lipinski definition) is 0. The Morgan fingerprint density at radius 1 is 1.07 bits per heavy atom. The van der Waals surface area contributed by atoms with Crippen molar-refractivity contribution < 1.29 is 12.8 Å². The van der Waals surface area contributed by atoms with Crippen LogP contribution in [-0.2, 0) is 9.84 Å². The molecule has 0 radical (unpaired) electrons. The van der Waals surface area contributed by atoms with Crippen LogP contribution < -0.4 is 4.90 Å². The van der Waals surface area contributed by atoms with Gasteiger partial charge in [0, 0.05) is 34.7 Å². The third-order valence-corrected chi connectivity index (χ3v) is 7.47. The fraction of sp³-hybridized carbons (Fsp3) is 0.286. The summed E-state index contributed by atoms with van der Waals surface area (Å²) in [5.41, 5.74) is 1.03. The Morgan fingerprint density at radius 2 is 1.72 bits per heavy atom. The van der Waals surface area contributed by atoms with E-state index in [9.17, 15) is 12.8 Å². The van der Waals surface area contributed by atoms with Gasteiger partial charge in [-0.05, 0) is 55.2 Å². The SMILES string of the molecule is CC1CCN(c2c(S(=O)(=O)c3cc(Cl)cc(Cl)c3)cnc3ccc(F)cc23)CC1. The summed E-state index contributed by atoms with van der Waals surface area (Å²) in [5.74, 6) is 0.120. The lowest BCUT2D eigenvalue weighted by atomic mass is 9.98. The molecule has 1 aliphatic heterocycles. The van der Waals surface area contributed by atoms with E-state index in [1.54, 1.807) is 6.07 Å². The van der Waals surface area contributed by atoms with Crippen molar-refractivity contribution in [1.82, 2.24) is 4.98 Å². The van der Waals surface area contributed by atoms with E-state index in [1.165, 1.54) is 36.5 Å². The number of pyridine rings is 1. The highest BCUT2D eigenvalue weighted by Crippen LogP contribution is 2.38. The first-order chi connectivity index (χ1) is 13.8. The summed E-state index contributed by atoms with van der Waals surface area (Å²) in [6.07, 6.45) is 3.21. The molecule has 2 aromatic carbocycles. The molecule has 0 aliphatic carbocycles. The second kappa shape index (κ2) is 7.74. The monoisotopic (exact) mass is 452 g/mol. The van der Waals surface area contributed by atoms with Gasteiger partial charge in [-0.3, -0.25) is 4.98 Å². The zero-order chi connectivity index (χ0) is 20.8. The van der Waals surface area contributed by atoms with Crippen molar-refractivity contribution >= 4 is 49.6 Å². The molecular formula is C21H19Cl2FN2O2S. The van der Waals surface area contributed by atoms with Gasteiger partial charge < -0.3 is 4.90 Å². The van der Waals surface area contributed by atoms with Gasteiger partial charge in [-0.15, -0.1) is 0 Å². The second-order valence-electron chi connectivity index (χ2n) is 7.41. The number of rotatable bonds is 3. The standard InChI is InChI=1S/C21H19Cl2FN2O2S/c1-13-4-6-26(7-5-13)21-18-11-16(24)2-3-19(18)25-12-20(21)29(27,28)17-9-14(22)8-15(23)10-17/h2-3,8-13H,4-7H2,1H3. The van der Waals surface area contributed by atoms with E-state index in [2.05, 4.69) is 11.9 Å². The normalized spacial score (nSPS) is 15.8. The summed E-state index contributed by atoms with van der Waals surface area (Å²) in [5, 5.41) is 0.933. The molecule has 4 rings (SSSR count). The number of benzene rings is 2. The molecule has 1 aliphatic rings. The van der Waals surface area contributed by atoms with E-state index >= 15 is 0 Å². The summed E-state index contributed by atoms with van der Waals surface area (Å²) in [6.45, 7) is 3.55. The number of piperidine rings is 1. The van der Waals surface area contributed by atoms with Crippen LogP contribution in [0.3, 0.4) is 0 Å². The van der Waals surface area contributed by atoms with Gasteiger partial charge in [0.25, 0.3) is 0 Å². The Bertz CT molecular complexity index is 1170. The van der Waals surface area contributed by atoms with Crippen molar-refractivity contribution in [2.75, 3.05) is 18.0 Å². The molecule has 2 heterocycles. The van der Waals surface area contributed by atoms with Crippen molar-refractivity contribution in [2.24, 2.45) is 5.92 Å². The molecule has 1 saturated heterocycles. The van der Waals surface area contributed by atoms with E-state index in [4.69, 9.17) is 23.2 Å². The topological polar surface area (TPSA) is 50.3 Å². The Balaban J connectivity index is 1.97. The Kier molecular flexibility index (Phi) is 5.44. The fourth-order valence-corrected chi connectivity index (χ4v) is 5.86. The molecule has 3 aromatic rings. The quantitative estimate of drug-likeness (QED) is 0.507. The van der Waals surface area contributed by atoms with Gasteiger partial charge in [0.2, 0.25) is 9.84 Å². The molecule has 0 unspecified atom stereocenters. The van der Waals surface area contributed by atoms with Crippen LogP contribution >= 0.6 is 23.2 Å². The predicted molar refractivity (Wildman–Crippen MR) is 114 cm³/mol. The molecule has 0 saturated carbocycles. The van der Waals surface area contributed by atoms with Crippen molar-refractivity contribution in [3.63, 3.8) is 0 Å². The lowest BCUT2D eigenvalue weighted by Crippen LogP contribution is -2.34. The first kappa shape index (κ1) is 20.4. The molecule has 0 N–H and O–H groups in total. The molecule has 29 heavy (non-hydrogen) atoms. The number of anilines is 1. The van der Waals surface area contributed by atoms with Crippen LogP contribution in [0.25, 0.3) is 10.9 Å². The highest BCUT2D eigenvalue weighted by molar-refractivity contribution is 7.91. The van der Waals surface area contributed by atoms with Crippen LogP contribution in [-0.4, -0.2) is 26.5 Å². The third kappa shape index (κ3) is 3.93. The maximum Gasteiger partial charge on any atom is 0.210 e. The first-order valence-corrected chi connectivity index (χ1v) is 11.5. The summed E-state index contributed by atoms with van der Waals surface area (Å²) < 4.78 is 41.1. The van der Waals surface area contributed by atoms with E-state index in [0.717, 1.165) is 12.8 Å². The van der Waals surface area contributed by atoms with Gasteiger partial charge in [0.05, 0.1) is 16.1 Å². The molecule has 0 atom stereocenters. The lowest BCUT2D eigenvalue weighted by Gasteiger charge is -2.34. The van der Waals surface area contributed by atoms with E-state index in [0.29, 0.717) is 35.6 Å². The highest BCUT2D eigenvalue weighted by atomic mass is 35.5. The van der Waals surface area contributed by atoms with E-state index in [-0.39, 0.29) is 19.8 Å². The summed E-state index contributed by atoms with van der Waals surface area (Å²) >= 11 is 12.1. The lowest BCUT2D eigenvalue weighted by molar-refractivity contribution is 0.437. The van der Waals surface area contributed by atoms with Crippen LogP contribution in [0, 0.1) is 11.7 Å². The molecular weight excluding hydrogens is 434 g/mol. The molecule has 0 bridgehead atoms. The van der Waals surface area contributed by atoms with Crippen molar-refractivity contribution in [3.8, 4) is 0 Å². The zero-order valence-corrected chi connectivity index (χ0v) is 18.0. The van der Waals surface area contributed by atoms with Gasteiger partial charge in [-0.25, -0.2) is 12.8 Å². The fourth-order valence-electron chi connectivity index (χ4n) is 3.70. The number of fused-ring (bicyclic) bond motifs is 1. The molecule has 0 amide bonds. The summed E-state index contributed by atoms with van der Waals surface area (Å²) in [6, 6.07) is 8.43. The Hall–Kier alpha value is -1.89. The van der Waals surface area contributed by atoms with Gasteiger partial charge in [-0.2, -0.15) is 0 Å². The number of hydrogen-bond acceptors (Lipinski definition) is 4. The Labute approximate surface area is 179 Å². The third-order valence-electron chi connectivity index (χ3n) is 5.30. The highest BCUT2D eigenvalue weighted by Gasteiger charge is 2.29. The van der Waals surface area contributed by atoms with Gasteiger partial charge in [0.1, 0.15) is 10.7 Å². The zero-order valence-electron chi connectivity index (χ0n) is 15.7. The molecule has 1 fully saturated rings. The molecule has 4 nitrogen and oxygen atoms in total. The second-order valence-corrected chi connectivity index (χ2v) is 10.2. The number of halogens is 3. The minimum Gasteiger partial charge on any atom is -0.370 e. The summed E-state index contributed by atoms with van der Waals surface area (Å²) in [4.78, 5) is 6.32. The van der Waals surface area contributed by atoms with Crippen LogP contribution in [0.2, 0.25) is 10.0 Å². The number of sulfone groups is 1. The average Bonchev–Trinajstić information content (AvgIpc) is 2.67. The van der Waals surface area contributed by atoms with Gasteiger partial charge in [0.15, 0.2) is 0 Å². The largest absolute Gasteiger partial charge is 0.370 e. The van der Waals surface area contributed by atoms with Crippen molar-refractivity contribution in [1.29, 1.82) is 0 Å². The van der Waals surface area contributed by atoms with Crippen molar-refractivity contribution in [2.45, 2.75) is 29.6 Å². The van der Waals surface area contributed by atoms with Gasteiger partial charge in [-0.1, -0.05) is 30.1 Å². The number of aromatic nitrogens is 1. The van der Waals surface area contributed by atoms with Crippen LogP contribution in [0.4, 0.5) is 10.1 Å². The smallest absolute Gasteiger partial charge is 0.210 e. The van der Waals surface area contributed by atoms with Crippen molar-refractivity contribution in [3.05, 3.63) is 58.5 Å². The molecule has 152 valence electrons. The van der Waals surface area contributed by atoms with E-state index < -0.39 is 15.7 Å². The van der Waals surface area contributed by atoms with E-state index in [1.807, 2.05) is 4.90 Å². The van der Waals surface area contributed by atoms with Crippen LogP contribution in [0.1, 0.15) is 19.8 Å². The molecule has 8 heteroatoms. The maximum absolute atomic E-state index is 14.1. The first-order valence-electron chi connectivity index (χ1n) is 9.30. The van der Waals surface area contributed by atoms with Gasteiger partial charge >= 0.3 is 0 Å². The number of nitrogens with zero attached hydrogens (tertiary/aromatic N) is 2. The van der Waals surface area contributed by atoms with Crippen LogP contribution in [0.15, 0.2) is 52.4 Å². The van der Waals surface area contributed by atoms with Crippen LogP contribution in [0.5, 0.6) is 0 Å². The predicted octanol–water partition coefficient (Wildman–Crippen LogP) is 5.75. The maximum atomic E-state index is 14.1. The minimum atomic E-state index is -3.98. The molecule has 0 spiro atoms. The molecule has 1 aromatic heterocycles. The minimum absolute atomic E-state index is 0.0146. The Morgan fingerprint density at radius 3 is 2.38 bits per heavy atom.